The van der Waals surface area contributed by atoms with Gasteiger partial charge in [0.25, 0.3) is 0 Å². The van der Waals surface area contributed by atoms with E-state index in [2.05, 4.69) is 11.9 Å². The molecule has 1 fully saturated rings. The Morgan fingerprint density at radius 2 is 2.29 bits per heavy atom. The van der Waals surface area contributed by atoms with Gasteiger partial charge in [-0.2, -0.15) is 0 Å². The molecule has 1 N–H and O–H groups in total. The van der Waals surface area contributed by atoms with E-state index in [1.165, 1.54) is 6.07 Å². The fourth-order valence-corrected chi connectivity index (χ4v) is 3.68. The Morgan fingerprint density at radius 1 is 1.57 bits per heavy atom. The normalized spacial score (nSPS) is 21.5. The lowest BCUT2D eigenvalue weighted by Gasteiger charge is -2.35. The van der Waals surface area contributed by atoms with Crippen molar-refractivity contribution in [3.05, 3.63) is 23.0 Å². The molecule has 2 aromatic rings. The number of hydrogen-bond acceptors (Lipinski definition) is 3. The number of imidazole rings is 1. The Morgan fingerprint density at radius 3 is 2.90 bits per heavy atom. The number of carboxylic acid groups (broad SMARTS) is 1. The van der Waals surface area contributed by atoms with Crippen molar-refractivity contribution in [2.24, 2.45) is 5.92 Å². The second kappa shape index (κ2) is 5.50. The Balaban J connectivity index is 2.06. The lowest BCUT2D eigenvalue weighted by molar-refractivity contribution is -0.133. The molecule has 21 heavy (non-hydrogen) atoms. The van der Waals surface area contributed by atoms with Crippen LogP contribution in [0.25, 0.3) is 11.0 Å². The number of aliphatic carboxylic acids is 1. The van der Waals surface area contributed by atoms with Gasteiger partial charge in [-0.15, -0.1) is 0 Å². The first-order chi connectivity index (χ1) is 9.95. The average Bonchev–Trinajstić information content (AvgIpc) is 2.71. The van der Waals surface area contributed by atoms with E-state index in [-0.39, 0.29) is 16.8 Å². The van der Waals surface area contributed by atoms with Crippen molar-refractivity contribution in [1.82, 2.24) is 9.55 Å². The summed E-state index contributed by atoms with van der Waals surface area (Å²) in [7, 11) is 0. The van der Waals surface area contributed by atoms with Gasteiger partial charge in [-0.25, -0.2) is 9.37 Å². The second-order valence-corrected chi connectivity index (χ2v) is 6.78. The minimum atomic E-state index is -0.898. The summed E-state index contributed by atoms with van der Waals surface area (Å²) in [6.45, 7) is 2.17. The Kier molecular flexibility index (Phi) is 3.84. The van der Waals surface area contributed by atoms with Crippen molar-refractivity contribution in [2.75, 3.05) is 5.75 Å². The van der Waals surface area contributed by atoms with Crippen LogP contribution in [-0.2, 0) is 4.79 Å². The molecule has 0 saturated heterocycles. The summed E-state index contributed by atoms with van der Waals surface area (Å²) in [5, 5.41) is 9.52. The summed E-state index contributed by atoms with van der Waals surface area (Å²) >= 11 is 7.03. The van der Waals surface area contributed by atoms with Gasteiger partial charge in [0.15, 0.2) is 5.16 Å². The van der Waals surface area contributed by atoms with Crippen LogP contribution < -0.4 is 0 Å². The largest absolute Gasteiger partial charge is 0.481 e. The topological polar surface area (TPSA) is 55.1 Å². The van der Waals surface area contributed by atoms with E-state index < -0.39 is 11.8 Å². The second-order valence-electron chi connectivity index (χ2n) is 5.43. The maximum atomic E-state index is 13.6. The van der Waals surface area contributed by atoms with E-state index in [1.54, 1.807) is 6.07 Å². The minimum Gasteiger partial charge on any atom is -0.481 e. The Bertz CT molecular complexity index is 713. The van der Waals surface area contributed by atoms with Gasteiger partial charge < -0.3 is 9.67 Å². The highest BCUT2D eigenvalue weighted by Crippen LogP contribution is 2.42. The third-order valence-corrected chi connectivity index (χ3v) is 4.97. The molecule has 0 aliphatic heterocycles. The van der Waals surface area contributed by atoms with Crippen LogP contribution in [-0.4, -0.2) is 26.4 Å². The van der Waals surface area contributed by atoms with Gasteiger partial charge in [-0.05, 0) is 24.8 Å². The number of nitrogens with zero attached hydrogens (tertiary/aromatic N) is 2. The van der Waals surface area contributed by atoms with E-state index >= 15 is 0 Å². The zero-order chi connectivity index (χ0) is 15.1. The van der Waals surface area contributed by atoms with Gasteiger partial charge in [-0.1, -0.05) is 30.3 Å². The van der Waals surface area contributed by atoms with Crippen LogP contribution in [0.15, 0.2) is 17.3 Å². The molecule has 3 rings (SSSR count). The van der Waals surface area contributed by atoms with Crippen LogP contribution >= 0.6 is 23.4 Å². The Labute approximate surface area is 130 Å². The Hall–Kier alpha value is -1.27. The van der Waals surface area contributed by atoms with Gasteiger partial charge in [0, 0.05) is 12.1 Å². The maximum Gasteiger partial charge on any atom is 0.313 e. The number of halogens is 2. The summed E-state index contributed by atoms with van der Waals surface area (Å²) in [5.74, 6) is -0.835. The quantitative estimate of drug-likeness (QED) is 0.863. The number of hydrogen-bond donors (Lipinski definition) is 1. The molecule has 1 aromatic heterocycles. The minimum absolute atomic E-state index is 0.0609. The van der Waals surface area contributed by atoms with E-state index in [9.17, 15) is 9.18 Å². The van der Waals surface area contributed by atoms with Crippen LogP contribution in [0.2, 0.25) is 5.02 Å². The summed E-state index contributed by atoms with van der Waals surface area (Å²) in [6.07, 6.45) is 2.03. The van der Waals surface area contributed by atoms with Gasteiger partial charge in [0.2, 0.25) is 0 Å². The molecule has 7 heteroatoms. The predicted molar refractivity (Wildman–Crippen MR) is 80.5 cm³/mol. The molecule has 4 nitrogen and oxygen atoms in total. The van der Waals surface area contributed by atoms with Gasteiger partial charge in [0.1, 0.15) is 5.82 Å². The molecule has 112 valence electrons. The molecule has 0 spiro atoms. The summed E-state index contributed by atoms with van der Waals surface area (Å²) in [4.78, 5) is 15.2. The predicted octanol–water partition coefficient (Wildman–Crippen LogP) is 3.98. The van der Waals surface area contributed by atoms with Crippen molar-refractivity contribution in [1.29, 1.82) is 0 Å². The lowest BCUT2D eigenvalue weighted by Crippen LogP contribution is -2.25. The number of thioether (sulfide) groups is 1. The molecule has 1 aliphatic carbocycles. The number of aromatic nitrogens is 2. The molecule has 0 bridgehead atoms. The molecule has 0 unspecified atom stereocenters. The smallest absolute Gasteiger partial charge is 0.313 e. The number of carboxylic acids is 1. The monoisotopic (exact) mass is 328 g/mol. The van der Waals surface area contributed by atoms with Crippen molar-refractivity contribution in [3.8, 4) is 0 Å². The summed E-state index contributed by atoms with van der Waals surface area (Å²) < 4.78 is 15.6. The van der Waals surface area contributed by atoms with Gasteiger partial charge in [-0.3, -0.25) is 4.79 Å². The lowest BCUT2D eigenvalue weighted by atomic mass is 9.81. The van der Waals surface area contributed by atoms with Crippen molar-refractivity contribution < 1.29 is 14.3 Å². The average molecular weight is 329 g/mol. The fourth-order valence-electron chi connectivity index (χ4n) is 2.72. The zero-order valence-electron chi connectivity index (χ0n) is 11.3. The molecular formula is C14H14ClFN2O2S. The molecule has 1 aromatic carbocycles. The van der Waals surface area contributed by atoms with Crippen molar-refractivity contribution >= 4 is 40.4 Å². The van der Waals surface area contributed by atoms with E-state index in [0.29, 0.717) is 16.6 Å². The molecule has 0 radical (unpaired) electrons. The standard InChI is InChI=1S/C14H14ClFN2O2S/c1-7-2-8(3-7)18-12-4-9(15)10(16)5-11(12)17-14(18)21-6-13(19)20/h4-5,7-8H,2-3,6H2,1H3,(H,19,20). The fraction of sp³-hybridized carbons (Fsp3) is 0.429. The maximum absolute atomic E-state index is 13.6. The van der Waals surface area contributed by atoms with Gasteiger partial charge in [0.05, 0.1) is 21.8 Å². The first-order valence-corrected chi connectivity index (χ1v) is 8.03. The number of carbonyl (C=O) groups is 1. The van der Waals surface area contributed by atoms with E-state index in [4.69, 9.17) is 16.7 Å². The highest BCUT2D eigenvalue weighted by Gasteiger charge is 2.30. The van der Waals surface area contributed by atoms with Crippen molar-refractivity contribution in [3.63, 3.8) is 0 Å². The van der Waals surface area contributed by atoms with E-state index in [1.807, 2.05) is 4.57 Å². The number of fused-ring (bicyclic) bond motifs is 1. The number of benzene rings is 1. The molecule has 0 atom stereocenters. The summed E-state index contributed by atoms with van der Waals surface area (Å²) in [5.41, 5.74) is 1.29. The first-order valence-electron chi connectivity index (χ1n) is 6.67. The molecule has 0 amide bonds. The highest BCUT2D eigenvalue weighted by molar-refractivity contribution is 7.99. The van der Waals surface area contributed by atoms with Crippen molar-refractivity contribution in [2.45, 2.75) is 31.0 Å². The first kappa shape index (κ1) is 14.7. The molecular weight excluding hydrogens is 315 g/mol. The SMILES string of the molecule is CC1CC(n2c(SCC(=O)O)nc3cc(F)c(Cl)cc32)C1. The van der Waals surface area contributed by atoms with E-state index in [0.717, 1.165) is 30.1 Å². The zero-order valence-corrected chi connectivity index (χ0v) is 12.9. The van der Waals surface area contributed by atoms with Crippen LogP contribution in [0, 0.1) is 11.7 Å². The third kappa shape index (κ3) is 2.74. The third-order valence-electron chi connectivity index (χ3n) is 3.74. The molecule has 1 saturated carbocycles. The van der Waals surface area contributed by atoms with Crippen LogP contribution in [0.3, 0.4) is 0 Å². The molecule has 1 heterocycles. The van der Waals surface area contributed by atoms with Crippen LogP contribution in [0.4, 0.5) is 4.39 Å². The molecule has 1 aliphatic rings. The number of rotatable bonds is 4. The highest BCUT2D eigenvalue weighted by atomic mass is 35.5. The summed E-state index contributed by atoms with van der Waals surface area (Å²) in [6, 6.07) is 3.16. The van der Waals surface area contributed by atoms with Crippen LogP contribution in [0.5, 0.6) is 0 Å². The van der Waals surface area contributed by atoms with Gasteiger partial charge >= 0.3 is 5.97 Å². The van der Waals surface area contributed by atoms with Crippen LogP contribution in [0.1, 0.15) is 25.8 Å².